The summed E-state index contributed by atoms with van der Waals surface area (Å²) in [6.07, 6.45) is 7.34. The molecule has 13 heteroatoms. The summed E-state index contributed by atoms with van der Waals surface area (Å²) < 4.78 is 26.7. The Kier molecular flexibility index (Phi) is 8.44. The van der Waals surface area contributed by atoms with Gasteiger partial charge in [-0.05, 0) is 91.3 Å². The van der Waals surface area contributed by atoms with E-state index < -0.39 is 17.1 Å². The Labute approximate surface area is 284 Å². The summed E-state index contributed by atoms with van der Waals surface area (Å²) in [4.78, 5) is 29.7. The highest BCUT2D eigenvalue weighted by atomic mass is 32.1. The molecule has 7 rings (SSSR count). The molecule has 254 valence electrons. The van der Waals surface area contributed by atoms with Crippen LogP contribution in [-0.4, -0.2) is 81.7 Å². The highest BCUT2D eigenvalue weighted by molar-refractivity contribution is 7.16. The third kappa shape index (κ3) is 5.33. The third-order valence-corrected chi connectivity index (χ3v) is 12.0. The van der Waals surface area contributed by atoms with Crippen molar-refractivity contribution in [1.82, 2.24) is 24.9 Å². The molecule has 2 aliphatic carbocycles. The van der Waals surface area contributed by atoms with Gasteiger partial charge < -0.3 is 24.8 Å². The molecule has 2 saturated heterocycles. The molecule has 0 aromatic carbocycles. The number of aryl methyl sites for hydroxylation is 1. The number of likely N-dealkylation sites (N-methyl/N-ethyl adjacent to an activating group) is 1. The largest absolute Gasteiger partial charge is 0.473 e. The third-order valence-electron chi connectivity index (χ3n) is 10.9. The lowest BCUT2D eigenvalue weighted by molar-refractivity contribution is -0.133. The average Bonchev–Trinajstić information content (AvgIpc) is 3.77. The molecule has 0 saturated carbocycles. The second kappa shape index (κ2) is 12.5. The number of amides is 1. The van der Waals surface area contributed by atoms with Gasteiger partial charge in [0.05, 0.1) is 11.3 Å². The lowest BCUT2D eigenvalue weighted by Gasteiger charge is -2.44. The highest BCUT2D eigenvalue weighted by Crippen LogP contribution is 2.54. The number of nitrogen functional groups attached to an aromatic ring is 1. The quantitative estimate of drug-likeness (QED) is 0.340. The first-order valence-corrected chi connectivity index (χ1v) is 17.8. The van der Waals surface area contributed by atoms with Crippen molar-refractivity contribution >= 4 is 28.1 Å². The number of ether oxygens (including phenoxy) is 1. The van der Waals surface area contributed by atoms with Gasteiger partial charge in [0, 0.05) is 53.1 Å². The van der Waals surface area contributed by atoms with Gasteiger partial charge >= 0.3 is 0 Å². The number of aromatic nitrogens is 3. The van der Waals surface area contributed by atoms with E-state index in [2.05, 4.69) is 36.4 Å². The molecule has 4 aliphatic rings. The van der Waals surface area contributed by atoms with Crippen LogP contribution in [0.25, 0.3) is 11.6 Å². The first-order chi connectivity index (χ1) is 23.0. The molecule has 2 aliphatic heterocycles. The molecular formula is C35H43FN8O3S. The summed E-state index contributed by atoms with van der Waals surface area (Å²) in [6.45, 7) is 11.0. The second-order valence-corrected chi connectivity index (χ2v) is 15.1. The van der Waals surface area contributed by atoms with Crippen molar-refractivity contribution in [2.45, 2.75) is 102 Å². The fourth-order valence-corrected chi connectivity index (χ4v) is 9.98. The number of nitriles is 1. The predicted molar refractivity (Wildman–Crippen MR) is 182 cm³/mol. The predicted octanol–water partition coefficient (Wildman–Crippen LogP) is 5.38. The van der Waals surface area contributed by atoms with Crippen molar-refractivity contribution in [3.05, 3.63) is 45.7 Å². The van der Waals surface area contributed by atoms with E-state index in [1.807, 2.05) is 19.9 Å². The molecule has 5 heterocycles. The van der Waals surface area contributed by atoms with Crippen LogP contribution in [0.4, 0.5) is 15.2 Å². The molecule has 1 amide bonds. The van der Waals surface area contributed by atoms with Gasteiger partial charge in [0.25, 0.3) is 5.91 Å². The van der Waals surface area contributed by atoms with Crippen LogP contribution in [0, 0.1) is 11.3 Å². The number of thiophene rings is 1. The van der Waals surface area contributed by atoms with E-state index in [0.29, 0.717) is 46.9 Å². The van der Waals surface area contributed by atoms with Crippen LogP contribution in [0.1, 0.15) is 86.6 Å². The topological polar surface area (TPSA) is 138 Å². The minimum absolute atomic E-state index is 0.114. The number of fused-ring (bicyclic) bond motifs is 4. The molecule has 5 atom stereocenters. The molecule has 3 aromatic heterocycles. The fraction of sp³-hybridized carbons (Fsp3) is 0.571. The summed E-state index contributed by atoms with van der Waals surface area (Å²) in [7, 11) is 2.12. The number of rotatable bonds is 6. The number of carbonyl (C=O) groups is 1. The Morgan fingerprint density at radius 2 is 1.96 bits per heavy atom. The molecule has 3 aromatic rings. The zero-order valence-corrected chi connectivity index (χ0v) is 28.9. The summed E-state index contributed by atoms with van der Waals surface area (Å²) in [5, 5.41) is 15.4. The molecule has 2 N–H and O–H groups in total. The number of likely N-dealkylation sites (tertiary alicyclic amines) is 1. The van der Waals surface area contributed by atoms with Gasteiger partial charge in [0.1, 0.15) is 23.0 Å². The van der Waals surface area contributed by atoms with Gasteiger partial charge in [-0.15, -0.1) is 11.3 Å². The van der Waals surface area contributed by atoms with E-state index in [4.69, 9.17) is 30.1 Å². The lowest BCUT2D eigenvalue weighted by atomic mass is 9.62. The highest BCUT2D eigenvalue weighted by Gasteiger charge is 2.48. The van der Waals surface area contributed by atoms with E-state index >= 15 is 0 Å². The summed E-state index contributed by atoms with van der Waals surface area (Å²) >= 11 is 1.52. The van der Waals surface area contributed by atoms with Gasteiger partial charge in [-0.25, -0.2) is 9.37 Å². The summed E-state index contributed by atoms with van der Waals surface area (Å²) in [6, 6.07) is 3.94. The lowest BCUT2D eigenvalue weighted by Crippen LogP contribution is -2.59. The SMILES string of the molecule is C=C(F)C(=O)N1[C@@H](C)CN(c2cc(O[C@@H](C)[C@@H]3CCCN3C)nc(-c3onc4c3CCC[C@@]43CCCc4sc(N)c(C#N)c43)n2)C[C@@H]1C. The minimum atomic E-state index is -0.960. The van der Waals surface area contributed by atoms with Crippen LogP contribution in [0.3, 0.4) is 0 Å². The van der Waals surface area contributed by atoms with Gasteiger partial charge in [0.2, 0.25) is 17.5 Å². The Hall–Kier alpha value is -4.02. The summed E-state index contributed by atoms with van der Waals surface area (Å²) in [5.74, 6) is 0.331. The number of nitrogens with zero attached hydrogens (tertiary/aromatic N) is 7. The molecule has 2 fully saturated rings. The van der Waals surface area contributed by atoms with Crippen LogP contribution in [0.2, 0.25) is 0 Å². The standard InChI is InChI=1S/C35H43FN8O3S/c1-19-17-43(18-20(2)44(19)34(45)21(3)36)27-15-28(46-22(4)25-10-8-14-42(25)5)40-33(39-27)30-23-9-6-12-35(31(23)41-47-30)13-7-11-26-29(35)24(16-37)32(38)48-26/h15,19-20,22,25H,3,6-14,17-18,38H2,1-2,4-5H3/t19-,20-,22-,25-,35-/m0/s1. The number of nitrogens with two attached hydrogens (primary N) is 1. The Balaban J connectivity index is 1.29. The van der Waals surface area contributed by atoms with E-state index in [1.165, 1.54) is 16.2 Å². The van der Waals surface area contributed by atoms with Crippen molar-refractivity contribution in [3.8, 4) is 23.5 Å². The van der Waals surface area contributed by atoms with Crippen molar-refractivity contribution in [3.63, 3.8) is 0 Å². The zero-order chi connectivity index (χ0) is 33.9. The van der Waals surface area contributed by atoms with Crippen molar-refractivity contribution in [2.24, 2.45) is 0 Å². The number of hydrogen-bond donors (Lipinski definition) is 1. The number of hydrogen-bond acceptors (Lipinski definition) is 11. The first-order valence-electron chi connectivity index (χ1n) is 17.0. The fourth-order valence-electron chi connectivity index (χ4n) is 8.82. The second-order valence-electron chi connectivity index (χ2n) is 14.0. The molecular weight excluding hydrogens is 632 g/mol. The van der Waals surface area contributed by atoms with Gasteiger partial charge in [-0.2, -0.15) is 10.2 Å². The smallest absolute Gasteiger partial charge is 0.282 e. The Morgan fingerprint density at radius 1 is 1.23 bits per heavy atom. The molecule has 1 spiro atoms. The van der Waals surface area contributed by atoms with E-state index in [1.54, 1.807) is 4.90 Å². The van der Waals surface area contributed by atoms with Crippen LogP contribution in [-0.2, 0) is 23.1 Å². The van der Waals surface area contributed by atoms with Crippen LogP contribution < -0.4 is 15.4 Å². The molecule has 48 heavy (non-hydrogen) atoms. The Bertz CT molecular complexity index is 1780. The van der Waals surface area contributed by atoms with Gasteiger partial charge in [0.15, 0.2) is 5.83 Å². The number of piperazine rings is 1. The number of anilines is 2. The van der Waals surface area contributed by atoms with Crippen LogP contribution in [0.5, 0.6) is 5.88 Å². The van der Waals surface area contributed by atoms with Gasteiger partial charge in [-0.3, -0.25) is 9.69 Å². The van der Waals surface area contributed by atoms with Crippen molar-refractivity contribution in [2.75, 3.05) is 37.3 Å². The van der Waals surface area contributed by atoms with Gasteiger partial charge in [-0.1, -0.05) is 11.7 Å². The number of carbonyl (C=O) groups excluding carboxylic acids is 1. The molecule has 0 unspecified atom stereocenters. The van der Waals surface area contributed by atoms with E-state index in [0.717, 1.165) is 74.7 Å². The van der Waals surface area contributed by atoms with Crippen LogP contribution in [0.15, 0.2) is 23.0 Å². The van der Waals surface area contributed by atoms with Crippen LogP contribution >= 0.6 is 11.3 Å². The monoisotopic (exact) mass is 674 g/mol. The molecule has 11 nitrogen and oxygen atoms in total. The zero-order valence-electron chi connectivity index (χ0n) is 28.1. The number of halogens is 1. The molecule has 0 bridgehead atoms. The van der Waals surface area contributed by atoms with E-state index in [9.17, 15) is 14.4 Å². The first kappa shape index (κ1) is 32.5. The maximum Gasteiger partial charge on any atom is 0.282 e. The maximum atomic E-state index is 13.9. The molecule has 0 radical (unpaired) electrons. The minimum Gasteiger partial charge on any atom is -0.473 e. The maximum absolute atomic E-state index is 13.9. The summed E-state index contributed by atoms with van der Waals surface area (Å²) in [5.41, 5.74) is 9.35. The van der Waals surface area contributed by atoms with Crippen molar-refractivity contribution in [1.29, 1.82) is 5.26 Å². The average molecular weight is 675 g/mol. The Morgan fingerprint density at radius 3 is 2.62 bits per heavy atom. The normalized spacial score (nSPS) is 26.2. The van der Waals surface area contributed by atoms with E-state index in [-0.39, 0.29) is 24.2 Å². The van der Waals surface area contributed by atoms with Crippen molar-refractivity contribution < 1.29 is 18.4 Å².